The molecule has 0 radical (unpaired) electrons. The molecule has 3 heteroatoms. The average molecular weight is 333 g/mol. The van der Waals surface area contributed by atoms with E-state index in [4.69, 9.17) is 5.84 Å². The topological polar surface area (TPSA) is 38.0 Å². The SMILES string of the molecule is C[I-]C1(NN)CC2CC1C1C3CCC(C3)C21. The van der Waals surface area contributed by atoms with E-state index in [-0.39, 0.29) is 21.2 Å². The summed E-state index contributed by atoms with van der Waals surface area (Å²) in [5.74, 6) is 12.3. The third-order valence-corrected chi connectivity index (χ3v) is 9.81. The minimum atomic E-state index is 0.230. The Morgan fingerprint density at radius 1 is 1.12 bits per heavy atom. The van der Waals surface area contributed by atoms with Crippen LogP contribution in [0.2, 0.25) is 0 Å². The monoisotopic (exact) mass is 333 g/mol. The molecule has 0 spiro atoms. The van der Waals surface area contributed by atoms with E-state index < -0.39 is 0 Å². The van der Waals surface area contributed by atoms with Gasteiger partial charge in [0, 0.05) is 0 Å². The van der Waals surface area contributed by atoms with Crippen molar-refractivity contribution in [3.05, 3.63) is 0 Å². The number of hydrazine groups is 1. The molecule has 3 N–H and O–H groups in total. The Morgan fingerprint density at radius 3 is 2.56 bits per heavy atom. The van der Waals surface area contributed by atoms with Crippen molar-refractivity contribution in [3.8, 4) is 0 Å². The fourth-order valence-electron chi connectivity index (χ4n) is 6.00. The molecule has 0 aliphatic heterocycles. The zero-order valence-electron chi connectivity index (χ0n) is 9.95. The van der Waals surface area contributed by atoms with Crippen molar-refractivity contribution in [2.45, 2.75) is 35.6 Å². The summed E-state index contributed by atoms with van der Waals surface area (Å²) in [6.45, 7) is 0. The van der Waals surface area contributed by atoms with Gasteiger partial charge in [0.25, 0.3) is 0 Å². The molecule has 4 rings (SSSR count). The molecule has 16 heavy (non-hydrogen) atoms. The first-order chi connectivity index (χ1) is 7.79. The molecular formula is C13H22IN2-. The molecule has 0 aromatic heterocycles. The van der Waals surface area contributed by atoms with Crippen LogP contribution in [0.3, 0.4) is 0 Å². The van der Waals surface area contributed by atoms with Crippen LogP contribution in [-0.2, 0) is 0 Å². The van der Waals surface area contributed by atoms with Gasteiger partial charge in [-0.15, -0.1) is 0 Å². The van der Waals surface area contributed by atoms with E-state index in [2.05, 4.69) is 10.4 Å². The predicted octanol–water partition coefficient (Wildman–Crippen LogP) is -1.43. The zero-order chi connectivity index (χ0) is 10.9. The van der Waals surface area contributed by atoms with Crippen molar-refractivity contribution < 1.29 is 21.2 Å². The third-order valence-electron chi connectivity index (χ3n) is 6.34. The molecular weight excluding hydrogens is 311 g/mol. The second-order valence-electron chi connectivity index (χ2n) is 6.49. The molecule has 92 valence electrons. The summed E-state index contributed by atoms with van der Waals surface area (Å²) in [6, 6.07) is 0. The standard InChI is InChI=1S/C13H22IN2/c1-14-13(16-15)6-9-5-10(13)12-8-3-2-7(4-8)11(9)12/h7-12,16H,2-6,15H2,1H3/q-1. The fraction of sp³-hybridized carbons (Fsp3) is 1.00. The Bertz CT molecular complexity index is 315. The summed E-state index contributed by atoms with van der Waals surface area (Å²) in [6.07, 6.45) is 7.60. The molecule has 0 amide bonds. The number of halogens is 1. The summed E-state index contributed by atoms with van der Waals surface area (Å²) in [5, 5.41) is 0. The van der Waals surface area contributed by atoms with Crippen LogP contribution in [0.4, 0.5) is 0 Å². The van der Waals surface area contributed by atoms with E-state index in [1.807, 2.05) is 0 Å². The Morgan fingerprint density at radius 2 is 1.88 bits per heavy atom. The van der Waals surface area contributed by atoms with Crippen molar-refractivity contribution in [1.82, 2.24) is 5.43 Å². The van der Waals surface area contributed by atoms with Crippen molar-refractivity contribution >= 4 is 0 Å². The van der Waals surface area contributed by atoms with Crippen LogP contribution >= 0.6 is 0 Å². The fourth-order valence-corrected chi connectivity index (χ4v) is 8.79. The van der Waals surface area contributed by atoms with Gasteiger partial charge in [0.15, 0.2) is 0 Å². The Kier molecular flexibility index (Phi) is 2.21. The second-order valence-corrected chi connectivity index (χ2v) is 9.49. The molecule has 4 saturated carbocycles. The summed E-state index contributed by atoms with van der Waals surface area (Å²) in [5.41, 5.74) is 3.28. The van der Waals surface area contributed by atoms with Gasteiger partial charge in [0.2, 0.25) is 0 Å². The van der Waals surface area contributed by atoms with Crippen LogP contribution < -0.4 is 32.5 Å². The van der Waals surface area contributed by atoms with Crippen molar-refractivity contribution in [2.24, 2.45) is 41.4 Å². The summed E-state index contributed by atoms with van der Waals surface area (Å²) >= 11 is 0.230. The molecule has 4 aliphatic carbocycles. The molecule has 7 unspecified atom stereocenters. The summed E-state index contributed by atoms with van der Waals surface area (Å²) in [4.78, 5) is 2.43. The number of fused-ring (bicyclic) bond motifs is 9. The van der Waals surface area contributed by atoms with Crippen LogP contribution in [0.1, 0.15) is 32.1 Å². The average Bonchev–Trinajstić information content (AvgIpc) is 3.05. The Hall–Kier alpha value is 0.650. The first-order valence-corrected chi connectivity index (χ1v) is 10.0. The van der Waals surface area contributed by atoms with Gasteiger partial charge < -0.3 is 0 Å². The number of nitrogens with one attached hydrogen (secondary N) is 1. The Balaban J connectivity index is 1.70. The van der Waals surface area contributed by atoms with E-state index in [1.54, 1.807) is 12.8 Å². The molecule has 4 fully saturated rings. The Labute approximate surface area is 108 Å². The molecule has 0 aromatic rings. The van der Waals surface area contributed by atoms with Crippen LogP contribution in [0.15, 0.2) is 0 Å². The van der Waals surface area contributed by atoms with Crippen molar-refractivity contribution in [2.75, 3.05) is 4.93 Å². The minimum absolute atomic E-state index is 0.230. The van der Waals surface area contributed by atoms with Crippen molar-refractivity contribution in [3.63, 3.8) is 0 Å². The second kappa shape index (κ2) is 3.35. The van der Waals surface area contributed by atoms with E-state index in [9.17, 15) is 0 Å². The van der Waals surface area contributed by atoms with Gasteiger partial charge in [-0.25, -0.2) is 0 Å². The molecule has 4 aliphatic rings. The number of hydrogen-bond acceptors (Lipinski definition) is 2. The third kappa shape index (κ3) is 1.06. The maximum absolute atomic E-state index is 5.92. The molecule has 0 aromatic carbocycles. The van der Waals surface area contributed by atoms with E-state index >= 15 is 0 Å². The molecule has 0 saturated heterocycles. The van der Waals surface area contributed by atoms with Gasteiger partial charge in [-0.1, -0.05) is 0 Å². The van der Waals surface area contributed by atoms with Gasteiger partial charge in [-0.2, -0.15) is 0 Å². The van der Waals surface area contributed by atoms with Crippen LogP contribution in [0, 0.1) is 35.5 Å². The number of alkyl halides is 2. The number of hydrogen-bond donors (Lipinski definition) is 2. The summed E-state index contributed by atoms with van der Waals surface area (Å²) < 4.78 is 0.426. The van der Waals surface area contributed by atoms with Gasteiger partial charge in [-0.05, 0) is 0 Å². The van der Waals surface area contributed by atoms with Crippen LogP contribution in [-0.4, -0.2) is 8.48 Å². The molecule has 7 atom stereocenters. The first kappa shape index (κ1) is 10.6. The van der Waals surface area contributed by atoms with E-state index in [0.717, 1.165) is 35.5 Å². The molecule has 4 bridgehead atoms. The van der Waals surface area contributed by atoms with Crippen LogP contribution in [0.25, 0.3) is 0 Å². The van der Waals surface area contributed by atoms with E-state index in [0.29, 0.717) is 3.55 Å². The quantitative estimate of drug-likeness (QED) is 0.162. The van der Waals surface area contributed by atoms with Gasteiger partial charge in [-0.3, -0.25) is 0 Å². The summed E-state index contributed by atoms with van der Waals surface area (Å²) in [7, 11) is 0. The van der Waals surface area contributed by atoms with Crippen molar-refractivity contribution in [1.29, 1.82) is 0 Å². The zero-order valence-corrected chi connectivity index (χ0v) is 12.1. The van der Waals surface area contributed by atoms with E-state index in [1.165, 1.54) is 19.3 Å². The van der Waals surface area contributed by atoms with Crippen LogP contribution in [0.5, 0.6) is 0 Å². The predicted molar refractivity (Wildman–Crippen MR) is 60.0 cm³/mol. The van der Waals surface area contributed by atoms with Gasteiger partial charge in [0.05, 0.1) is 0 Å². The molecule has 0 heterocycles. The van der Waals surface area contributed by atoms with Gasteiger partial charge >= 0.3 is 109 Å². The number of rotatable bonds is 2. The first-order valence-electron chi connectivity index (χ1n) is 6.77. The number of nitrogens with two attached hydrogens (primary N) is 1. The molecule has 2 nitrogen and oxygen atoms in total. The van der Waals surface area contributed by atoms with Gasteiger partial charge in [0.1, 0.15) is 0 Å². The normalized spacial score (nSPS) is 62.1. The maximum atomic E-state index is 5.92.